The predicted molar refractivity (Wildman–Crippen MR) is 73.0 cm³/mol. The van der Waals surface area contributed by atoms with Crippen LogP contribution in [0.3, 0.4) is 0 Å². The number of hydrogen-bond donors (Lipinski definition) is 2. The number of rotatable bonds is 11. The van der Waals surface area contributed by atoms with Crippen molar-refractivity contribution in [3.8, 4) is 0 Å². The molecular weight excluding hydrogens is 266 g/mol. The lowest BCUT2D eigenvalue weighted by Gasteiger charge is -2.34. The van der Waals surface area contributed by atoms with Crippen molar-refractivity contribution < 1.29 is 23.2 Å². The summed E-state index contributed by atoms with van der Waals surface area (Å²) in [6.45, 7) is 8.16. The van der Waals surface area contributed by atoms with E-state index in [-0.39, 0.29) is 18.0 Å². The van der Waals surface area contributed by atoms with E-state index < -0.39 is 14.8 Å². The maximum absolute atomic E-state index is 10.8. The zero-order valence-electron chi connectivity index (χ0n) is 12.0. The highest BCUT2D eigenvalue weighted by Crippen LogP contribution is 2.36. The first-order valence-electron chi connectivity index (χ1n) is 6.96. The van der Waals surface area contributed by atoms with Gasteiger partial charge in [0, 0.05) is 44.4 Å². The van der Waals surface area contributed by atoms with Crippen LogP contribution in [0, 0.1) is 0 Å². The number of carbonyl (C=O) groups is 1. The number of hydrogen-bond acceptors (Lipinski definition) is 5. The van der Waals surface area contributed by atoms with Crippen LogP contribution in [0.1, 0.15) is 33.6 Å². The van der Waals surface area contributed by atoms with E-state index in [0.29, 0.717) is 26.2 Å². The summed E-state index contributed by atoms with van der Waals surface area (Å²) in [4.78, 5) is 10.8. The summed E-state index contributed by atoms with van der Waals surface area (Å²) in [5.41, 5.74) is 0.0171. The van der Waals surface area contributed by atoms with Gasteiger partial charge in [-0.15, -0.1) is 0 Å². The van der Waals surface area contributed by atoms with Crippen LogP contribution in [0.2, 0.25) is 5.54 Å². The molecule has 0 aromatic heterocycles. The van der Waals surface area contributed by atoms with Gasteiger partial charge in [0.1, 0.15) is 0 Å². The van der Waals surface area contributed by atoms with E-state index in [2.05, 4.69) is 5.32 Å². The van der Waals surface area contributed by atoms with Gasteiger partial charge >= 0.3 is 14.8 Å². The van der Waals surface area contributed by atoms with Crippen molar-refractivity contribution in [3.63, 3.8) is 0 Å². The molecule has 0 aromatic rings. The third-order valence-electron chi connectivity index (χ3n) is 3.09. The molecule has 0 aliphatic carbocycles. The summed E-state index contributed by atoms with van der Waals surface area (Å²) in [5, 5.41) is 12.1. The second-order valence-electron chi connectivity index (χ2n) is 4.46. The summed E-state index contributed by atoms with van der Waals surface area (Å²) in [5.74, 6) is -0.793. The van der Waals surface area contributed by atoms with E-state index >= 15 is 0 Å². The molecule has 1 saturated heterocycles. The highest BCUT2D eigenvalue weighted by molar-refractivity contribution is 6.62. The zero-order chi connectivity index (χ0) is 14.3. The zero-order valence-corrected chi connectivity index (χ0v) is 13.0. The molecule has 0 aromatic carbocycles. The predicted octanol–water partition coefficient (Wildman–Crippen LogP) is 1.24. The van der Waals surface area contributed by atoms with Gasteiger partial charge < -0.3 is 23.7 Å². The lowest BCUT2D eigenvalue weighted by Crippen LogP contribution is -2.52. The lowest BCUT2D eigenvalue weighted by atomic mass is 10.2. The molecule has 7 heteroatoms. The van der Waals surface area contributed by atoms with E-state index in [4.69, 9.17) is 18.4 Å². The fourth-order valence-electron chi connectivity index (χ4n) is 2.31. The molecule has 0 radical (unpaired) electrons. The standard InChI is InChI=1S/C12H25NO5Si/c1-4-16-19(17-5-2,18-6-3)11(10-9-13-10)7-8-12(14)15/h10-11,13H,4-9H2,1-3H3,(H,14,15). The average molecular weight is 291 g/mol. The molecule has 1 aliphatic heterocycles. The minimum atomic E-state index is -2.82. The molecular formula is C12H25NO5Si. The Labute approximate surface area is 115 Å². The fourth-order valence-corrected chi connectivity index (χ4v) is 5.63. The number of nitrogens with one attached hydrogen (secondary N) is 1. The van der Waals surface area contributed by atoms with Gasteiger partial charge in [-0.3, -0.25) is 4.79 Å². The SMILES string of the molecule is CCO[Si](OCC)(OCC)C(CCC(=O)O)C1CN1. The van der Waals surface area contributed by atoms with Gasteiger partial charge in [-0.1, -0.05) is 0 Å². The average Bonchev–Trinajstić information content (AvgIpc) is 3.14. The summed E-state index contributed by atoms with van der Waals surface area (Å²) >= 11 is 0. The van der Waals surface area contributed by atoms with Crippen LogP contribution in [-0.4, -0.2) is 52.3 Å². The molecule has 112 valence electrons. The monoisotopic (exact) mass is 291 g/mol. The van der Waals surface area contributed by atoms with Crippen LogP contribution < -0.4 is 5.32 Å². The van der Waals surface area contributed by atoms with Crippen LogP contribution in [0.15, 0.2) is 0 Å². The third-order valence-corrected chi connectivity index (χ3v) is 6.76. The number of aliphatic carboxylic acids is 1. The molecule has 2 N–H and O–H groups in total. The Balaban J connectivity index is 2.83. The molecule has 2 unspecified atom stereocenters. The van der Waals surface area contributed by atoms with Gasteiger partial charge in [0.2, 0.25) is 0 Å². The van der Waals surface area contributed by atoms with Crippen LogP contribution in [0.25, 0.3) is 0 Å². The molecule has 0 saturated carbocycles. The smallest absolute Gasteiger partial charge is 0.481 e. The minimum absolute atomic E-state index is 0.0171. The maximum atomic E-state index is 10.8. The van der Waals surface area contributed by atoms with Gasteiger partial charge in [-0.05, 0) is 27.2 Å². The Kier molecular flexibility index (Phi) is 6.94. The van der Waals surface area contributed by atoms with Crippen LogP contribution in [0.4, 0.5) is 0 Å². The number of carboxylic acids is 1. The van der Waals surface area contributed by atoms with Crippen molar-refractivity contribution in [2.45, 2.75) is 45.2 Å². The largest absolute Gasteiger partial charge is 0.505 e. The molecule has 0 bridgehead atoms. The Morgan fingerprint density at radius 3 is 2.05 bits per heavy atom. The second-order valence-corrected chi connectivity index (χ2v) is 7.27. The minimum Gasteiger partial charge on any atom is -0.481 e. The maximum Gasteiger partial charge on any atom is 0.505 e. The molecule has 2 atom stereocenters. The molecule has 0 amide bonds. The van der Waals surface area contributed by atoms with Crippen molar-refractivity contribution >= 4 is 14.8 Å². The summed E-state index contributed by atoms with van der Waals surface area (Å²) in [6.07, 6.45) is 0.643. The number of carboxylic acid groups (broad SMARTS) is 1. The molecule has 1 fully saturated rings. The molecule has 6 nitrogen and oxygen atoms in total. The van der Waals surface area contributed by atoms with Gasteiger partial charge in [-0.2, -0.15) is 0 Å². The van der Waals surface area contributed by atoms with E-state index in [9.17, 15) is 4.79 Å². The Morgan fingerprint density at radius 2 is 1.74 bits per heavy atom. The van der Waals surface area contributed by atoms with Crippen molar-refractivity contribution in [2.24, 2.45) is 0 Å². The van der Waals surface area contributed by atoms with Gasteiger partial charge in [-0.25, -0.2) is 0 Å². The summed E-state index contributed by atoms with van der Waals surface area (Å²) < 4.78 is 17.6. The fraction of sp³-hybridized carbons (Fsp3) is 0.917. The van der Waals surface area contributed by atoms with Crippen LogP contribution in [-0.2, 0) is 18.1 Å². The van der Waals surface area contributed by atoms with Gasteiger partial charge in [0.25, 0.3) is 0 Å². The Hall–Kier alpha value is -0.473. The first-order valence-corrected chi connectivity index (χ1v) is 8.76. The summed E-state index contributed by atoms with van der Waals surface area (Å²) in [6, 6.07) is 0.260. The van der Waals surface area contributed by atoms with E-state index in [1.165, 1.54) is 0 Å². The molecule has 1 aliphatic rings. The van der Waals surface area contributed by atoms with Gasteiger partial charge in [0.05, 0.1) is 0 Å². The molecule has 0 spiro atoms. The van der Waals surface area contributed by atoms with E-state index in [1.54, 1.807) is 0 Å². The van der Waals surface area contributed by atoms with E-state index in [0.717, 1.165) is 6.54 Å². The lowest BCUT2D eigenvalue weighted by molar-refractivity contribution is -0.137. The van der Waals surface area contributed by atoms with Crippen molar-refractivity contribution in [3.05, 3.63) is 0 Å². The Morgan fingerprint density at radius 1 is 1.26 bits per heavy atom. The first kappa shape index (κ1) is 16.6. The highest BCUT2D eigenvalue weighted by Gasteiger charge is 2.55. The normalized spacial score (nSPS) is 20.3. The van der Waals surface area contributed by atoms with Crippen molar-refractivity contribution in [1.82, 2.24) is 5.32 Å². The second kappa shape index (κ2) is 7.96. The van der Waals surface area contributed by atoms with Crippen molar-refractivity contribution in [1.29, 1.82) is 0 Å². The quantitative estimate of drug-likeness (QED) is 0.440. The highest BCUT2D eigenvalue weighted by atomic mass is 28.4. The van der Waals surface area contributed by atoms with Crippen molar-refractivity contribution in [2.75, 3.05) is 26.4 Å². The Bertz CT molecular complexity index is 268. The van der Waals surface area contributed by atoms with Gasteiger partial charge in [0.15, 0.2) is 0 Å². The molecule has 19 heavy (non-hydrogen) atoms. The first-order chi connectivity index (χ1) is 9.09. The summed E-state index contributed by atoms with van der Waals surface area (Å²) in [7, 11) is -2.82. The van der Waals surface area contributed by atoms with Crippen LogP contribution in [0.5, 0.6) is 0 Å². The molecule has 1 heterocycles. The topological polar surface area (TPSA) is 86.9 Å². The molecule has 1 rings (SSSR count). The van der Waals surface area contributed by atoms with Crippen LogP contribution >= 0.6 is 0 Å². The third kappa shape index (κ3) is 4.85. The van der Waals surface area contributed by atoms with E-state index in [1.807, 2.05) is 20.8 Å².